The summed E-state index contributed by atoms with van der Waals surface area (Å²) in [5.41, 5.74) is 1.69. The lowest BCUT2D eigenvalue weighted by molar-refractivity contribution is 0.0475. The molecule has 0 atom stereocenters. The number of ketones is 1. The van der Waals surface area contributed by atoms with Crippen molar-refractivity contribution in [3.05, 3.63) is 96.2 Å². The second-order valence-corrected chi connectivity index (χ2v) is 6.19. The van der Waals surface area contributed by atoms with Crippen molar-refractivity contribution < 1.29 is 19.1 Å². The van der Waals surface area contributed by atoms with Crippen LogP contribution in [0.25, 0.3) is 10.9 Å². The van der Waals surface area contributed by atoms with Crippen molar-refractivity contribution in [3.63, 3.8) is 0 Å². The monoisotopic (exact) mass is 371 g/mol. The minimum Gasteiger partial charge on any atom is -0.457 e. The summed E-state index contributed by atoms with van der Waals surface area (Å²) in [6.45, 7) is -0.329. The minimum absolute atomic E-state index is 0.262. The van der Waals surface area contributed by atoms with Crippen molar-refractivity contribution in [3.8, 4) is 11.5 Å². The standard InChI is InChI=1S/C23H17NO4/c25-22(20-14-24-21-12-5-4-11-19(20)21)15-27-23(26)16-7-6-10-18(13-16)28-17-8-2-1-3-9-17/h1-14,24H,15H2. The van der Waals surface area contributed by atoms with Crippen LogP contribution in [0.3, 0.4) is 0 Å². The molecule has 1 N–H and O–H groups in total. The summed E-state index contributed by atoms with van der Waals surface area (Å²) in [4.78, 5) is 27.8. The van der Waals surface area contributed by atoms with Crippen LogP contribution in [0.5, 0.6) is 11.5 Å². The zero-order valence-corrected chi connectivity index (χ0v) is 14.9. The molecule has 0 amide bonds. The van der Waals surface area contributed by atoms with Gasteiger partial charge in [0.25, 0.3) is 0 Å². The molecule has 1 heterocycles. The number of esters is 1. The molecular formula is C23H17NO4. The van der Waals surface area contributed by atoms with Gasteiger partial charge in [0.05, 0.1) is 5.56 Å². The van der Waals surface area contributed by atoms with Gasteiger partial charge in [0.1, 0.15) is 11.5 Å². The SMILES string of the molecule is O=C(OCC(=O)c1c[nH]c2ccccc12)c1cccc(Oc2ccccc2)c1. The van der Waals surface area contributed by atoms with E-state index in [1.165, 1.54) is 0 Å². The third kappa shape index (κ3) is 3.78. The average molecular weight is 371 g/mol. The number of nitrogens with one attached hydrogen (secondary N) is 1. The lowest BCUT2D eigenvalue weighted by Gasteiger charge is -2.08. The number of aromatic nitrogens is 1. The molecule has 3 aromatic carbocycles. The number of para-hydroxylation sites is 2. The van der Waals surface area contributed by atoms with Crippen molar-refractivity contribution in [2.45, 2.75) is 0 Å². The van der Waals surface area contributed by atoms with Crippen LogP contribution < -0.4 is 4.74 Å². The summed E-state index contributed by atoms with van der Waals surface area (Å²) in [6, 6.07) is 23.4. The largest absolute Gasteiger partial charge is 0.457 e. The van der Waals surface area contributed by atoms with E-state index in [1.54, 1.807) is 30.5 Å². The third-order valence-electron chi connectivity index (χ3n) is 4.27. The normalized spacial score (nSPS) is 10.6. The van der Waals surface area contributed by atoms with E-state index in [-0.39, 0.29) is 12.4 Å². The molecule has 0 bridgehead atoms. The fraction of sp³-hybridized carbons (Fsp3) is 0.0435. The molecule has 0 spiro atoms. The van der Waals surface area contributed by atoms with Crippen molar-refractivity contribution in [2.75, 3.05) is 6.61 Å². The van der Waals surface area contributed by atoms with Crippen molar-refractivity contribution in [1.82, 2.24) is 4.98 Å². The van der Waals surface area contributed by atoms with Gasteiger partial charge >= 0.3 is 5.97 Å². The third-order valence-corrected chi connectivity index (χ3v) is 4.27. The lowest BCUT2D eigenvalue weighted by atomic mass is 10.1. The van der Waals surface area contributed by atoms with E-state index < -0.39 is 5.97 Å². The Morgan fingerprint density at radius 1 is 0.821 bits per heavy atom. The van der Waals surface area contributed by atoms with E-state index in [4.69, 9.17) is 9.47 Å². The molecule has 0 unspecified atom stereocenters. The molecule has 0 radical (unpaired) electrons. The van der Waals surface area contributed by atoms with Crippen LogP contribution in [0.2, 0.25) is 0 Å². The van der Waals surface area contributed by atoms with E-state index >= 15 is 0 Å². The van der Waals surface area contributed by atoms with Crippen LogP contribution in [0.1, 0.15) is 20.7 Å². The van der Waals surface area contributed by atoms with Gasteiger partial charge in [-0.2, -0.15) is 0 Å². The number of benzene rings is 3. The van der Waals surface area contributed by atoms with Gasteiger partial charge in [-0.3, -0.25) is 4.79 Å². The number of rotatable bonds is 6. The van der Waals surface area contributed by atoms with E-state index in [9.17, 15) is 9.59 Å². The highest BCUT2D eigenvalue weighted by Crippen LogP contribution is 2.22. The maximum Gasteiger partial charge on any atom is 0.338 e. The molecular weight excluding hydrogens is 354 g/mol. The molecule has 138 valence electrons. The average Bonchev–Trinajstić information content (AvgIpc) is 3.17. The lowest BCUT2D eigenvalue weighted by Crippen LogP contribution is -2.14. The van der Waals surface area contributed by atoms with Gasteiger partial charge in [-0.05, 0) is 36.4 Å². The van der Waals surface area contributed by atoms with Crippen molar-refractivity contribution >= 4 is 22.7 Å². The number of carbonyl (C=O) groups excluding carboxylic acids is 2. The Kier molecular flexibility index (Phi) is 4.89. The van der Waals surface area contributed by atoms with Crippen LogP contribution in [0.4, 0.5) is 0 Å². The Hall–Kier alpha value is -3.86. The first-order valence-corrected chi connectivity index (χ1v) is 8.80. The van der Waals surface area contributed by atoms with Crippen LogP contribution in [-0.2, 0) is 4.74 Å². The Balaban J connectivity index is 1.42. The molecule has 4 aromatic rings. The molecule has 0 aliphatic carbocycles. The molecule has 1 aromatic heterocycles. The summed E-state index contributed by atoms with van der Waals surface area (Å²) in [6.07, 6.45) is 1.63. The minimum atomic E-state index is -0.577. The number of hydrogen-bond acceptors (Lipinski definition) is 4. The highest BCUT2D eigenvalue weighted by atomic mass is 16.5. The van der Waals surface area contributed by atoms with Crippen molar-refractivity contribution in [1.29, 1.82) is 0 Å². The Morgan fingerprint density at radius 3 is 2.43 bits per heavy atom. The number of carbonyl (C=O) groups is 2. The zero-order valence-electron chi connectivity index (χ0n) is 14.9. The van der Waals surface area contributed by atoms with Gasteiger partial charge in [0.15, 0.2) is 6.61 Å². The molecule has 5 heteroatoms. The second kappa shape index (κ2) is 7.80. The van der Waals surface area contributed by atoms with Gasteiger partial charge in [0, 0.05) is 22.7 Å². The smallest absolute Gasteiger partial charge is 0.338 e. The summed E-state index contributed by atoms with van der Waals surface area (Å²) < 4.78 is 10.9. The predicted molar refractivity (Wildman–Crippen MR) is 106 cm³/mol. The first kappa shape index (κ1) is 17.5. The quantitative estimate of drug-likeness (QED) is 0.382. The van der Waals surface area contributed by atoms with E-state index in [0.29, 0.717) is 22.6 Å². The van der Waals surface area contributed by atoms with Gasteiger partial charge in [-0.25, -0.2) is 4.79 Å². The van der Waals surface area contributed by atoms with Gasteiger partial charge in [0.2, 0.25) is 5.78 Å². The highest BCUT2D eigenvalue weighted by molar-refractivity contribution is 6.09. The molecule has 28 heavy (non-hydrogen) atoms. The van der Waals surface area contributed by atoms with Crippen molar-refractivity contribution in [2.24, 2.45) is 0 Å². The maximum atomic E-state index is 12.4. The molecule has 0 aliphatic rings. The number of aromatic amines is 1. The number of hydrogen-bond donors (Lipinski definition) is 1. The van der Waals surface area contributed by atoms with Crippen LogP contribution in [-0.4, -0.2) is 23.3 Å². The first-order chi connectivity index (χ1) is 13.7. The summed E-state index contributed by atoms with van der Waals surface area (Å²) >= 11 is 0. The molecule has 0 saturated carbocycles. The van der Waals surface area contributed by atoms with Crippen LogP contribution in [0, 0.1) is 0 Å². The van der Waals surface area contributed by atoms with Crippen LogP contribution >= 0.6 is 0 Å². The number of fused-ring (bicyclic) bond motifs is 1. The summed E-state index contributed by atoms with van der Waals surface area (Å²) in [5, 5.41) is 0.807. The molecule has 0 saturated heterocycles. The van der Waals surface area contributed by atoms with E-state index in [2.05, 4.69) is 4.98 Å². The van der Waals surface area contributed by atoms with Gasteiger partial charge in [-0.1, -0.05) is 42.5 Å². The highest BCUT2D eigenvalue weighted by Gasteiger charge is 2.15. The van der Waals surface area contributed by atoms with Gasteiger partial charge < -0.3 is 14.5 Å². The summed E-state index contributed by atoms with van der Waals surface area (Å²) in [7, 11) is 0. The van der Waals surface area contributed by atoms with E-state index in [0.717, 1.165) is 10.9 Å². The molecule has 0 aliphatic heterocycles. The first-order valence-electron chi connectivity index (χ1n) is 8.80. The van der Waals surface area contributed by atoms with E-state index in [1.807, 2.05) is 54.6 Å². The van der Waals surface area contributed by atoms with Gasteiger partial charge in [-0.15, -0.1) is 0 Å². The fourth-order valence-corrected chi connectivity index (χ4v) is 2.91. The molecule has 4 rings (SSSR count). The zero-order chi connectivity index (χ0) is 19.3. The summed E-state index contributed by atoms with van der Waals surface area (Å²) in [5.74, 6) is 0.348. The fourth-order valence-electron chi connectivity index (χ4n) is 2.91. The predicted octanol–water partition coefficient (Wildman–Crippen LogP) is 5.00. The maximum absolute atomic E-state index is 12.4. The number of Topliss-reactive ketones (excluding diaryl/α,β-unsaturated/α-hetero) is 1. The Morgan fingerprint density at radius 2 is 1.57 bits per heavy atom. The second-order valence-electron chi connectivity index (χ2n) is 6.19. The Labute approximate surface area is 161 Å². The Bertz CT molecular complexity index is 1130. The topological polar surface area (TPSA) is 68.4 Å². The molecule has 5 nitrogen and oxygen atoms in total. The molecule has 0 fully saturated rings. The number of H-pyrrole nitrogens is 1. The number of ether oxygens (including phenoxy) is 2. The van der Waals surface area contributed by atoms with Crippen LogP contribution in [0.15, 0.2) is 85.1 Å².